The van der Waals surface area contributed by atoms with Crippen LogP contribution in [-0.4, -0.2) is 39.6 Å². The minimum absolute atomic E-state index is 0.663. The number of aromatic amines is 1. The van der Waals surface area contributed by atoms with Crippen molar-refractivity contribution in [2.45, 2.75) is 20.4 Å². The zero-order chi connectivity index (χ0) is 17.7. The Bertz CT molecular complexity index is 1240. The van der Waals surface area contributed by atoms with Gasteiger partial charge in [-0.2, -0.15) is 10.2 Å². The molecule has 0 saturated heterocycles. The van der Waals surface area contributed by atoms with E-state index in [2.05, 4.69) is 55.5 Å². The number of aromatic nitrogens is 8. The number of hydrogen-bond donors (Lipinski definition) is 1. The quantitative estimate of drug-likeness (QED) is 0.543. The second-order valence-corrected chi connectivity index (χ2v) is 6.37. The summed E-state index contributed by atoms with van der Waals surface area (Å²) in [6.45, 7) is 4.79. The Hall–Kier alpha value is -3.55. The van der Waals surface area contributed by atoms with Gasteiger partial charge in [0.2, 0.25) is 0 Å². The number of benzene rings is 1. The Morgan fingerprint density at radius 1 is 1.12 bits per heavy atom. The van der Waals surface area contributed by atoms with Gasteiger partial charge in [-0.05, 0) is 31.5 Å². The number of H-pyrrole nitrogens is 1. The molecule has 0 aliphatic carbocycles. The molecule has 128 valence electrons. The third kappa shape index (κ3) is 2.34. The first kappa shape index (κ1) is 14.8. The van der Waals surface area contributed by atoms with Crippen molar-refractivity contribution in [1.29, 1.82) is 0 Å². The van der Waals surface area contributed by atoms with Crippen LogP contribution in [0.25, 0.3) is 28.1 Å². The van der Waals surface area contributed by atoms with Crippen LogP contribution >= 0.6 is 0 Å². The van der Waals surface area contributed by atoms with Crippen LogP contribution in [0.15, 0.2) is 42.9 Å². The van der Waals surface area contributed by atoms with E-state index in [9.17, 15) is 0 Å². The summed E-state index contributed by atoms with van der Waals surface area (Å²) in [5.41, 5.74) is 5.73. The largest absolute Gasteiger partial charge is 0.265 e. The van der Waals surface area contributed by atoms with Gasteiger partial charge in [0.05, 0.1) is 23.8 Å². The fraction of sp³-hybridized carbons (Fsp3) is 0.167. The molecule has 4 heterocycles. The van der Waals surface area contributed by atoms with Gasteiger partial charge >= 0.3 is 0 Å². The highest BCUT2D eigenvalue weighted by molar-refractivity contribution is 5.88. The molecule has 5 rings (SSSR count). The second-order valence-electron chi connectivity index (χ2n) is 6.37. The third-order valence-electron chi connectivity index (χ3n) is 4.41. The Kier molecular flexibility index (Phi) is 3.11. The van der Waals surface area contributed by atoms with Crippen molar-refractivity contribution in [3.8, 4) is 11.4 Å². The first-order valence-corrected chi connectivity index (χ1v) is 8.32. The monoisotopic (exact) mass is 344 g/mol. The molecule has 0 fully saturated rings. The molecule has 0 spiro atoms. The number of rotatable bonds is 3. The van der Waals surface area contributed by atoms with Gasteiger partial charge in [0, 0.05) is 11.3 Å². The Balaban J connectivity index is 1.56. The van der Waals surface area contributed by atoms with Crippen molar-refractivity contribution >= 4 is 16.7 Å². The molecule has 8 heteroatoms. The first-order chi connectivity index (χ1) is 12.7. The molecule has 0 atom stereocenters. The van der Waals surface area contributed by atoms with Crippen LogP contribution in [0.4, 0.5) is 0 Å². The van der Waals surface area contributed by atoms with Crippen LogP contribution < -0.4 is 0 Å². The molecule has 0 amide bonds. The highest BCUT2D eigenvalue weighted by Gasteiger charge is 2.12. The predicted octanol–water partition coefficient (Wildman–Crippen LogP) is 2.53. The van der Waals surface area contributed by atoms with Gasteiger partial charge in [-0.15, -0.1) is 5.10 Å². The van der Waals surface area contributed by atoms with Crippen LogP contribution in [0.2, 0.25) is 0 Å². The molecular weight excluding hydrogens is 328 g/mol. The minimum Gasteiger partial charge on any atom is -0.265 e. The maximum atomic E-state index is 4.68. The fourth-order valence-corrected chi connectivity index (χ4v) is 3.18. The SMILES string of the molecule is Cc1cc(C)n(Cc2cccc(-c3nc4c5cn[nH]c5ncn4n3)c2)n1. The van der Waals surface area contributed by atoms with Gasteiger partial charge in [-0.25, -0.2) is 14.5 Å². The lowest BCUT2D eigenvalue weighted by Gasteiger charge is -2.05. The Morgan fingerprint density at radius 2 is 2.04 bits per heavy atom. The summed E-state index contributed by atoms with van der Waals surface area (Å²) in [7, 11) is 0. The van der Waals surface area contributed by atoms with Crippen molar-refractivity contribution in [1.82, 2.24) is 39.6 Å². The van der Waals surface area contributed by atoms with Crippen LogP contribution in [-0.2, 0) is 6.54 Å². The van der Waals surface area contributed by atoms with E-state index >= 15 is 0 Å². The van der Waals surface area contributed by atoms with Gasteiger partial charge in [0.25, 0.3) is 0 Å². The van der Waals surface area contributed by atoms with Crippen molar-refractivity contribution in [2.75, 3.05) is 0 Å². The lowest BCUT2D eigenvalue weighted by Crippen LogP contribution is -2.04. The Morgan fingerprint density at radius 3 is 2.88 bits per heavy atom. The number of nitrogens with one attached hydrogen (secondary N) is 1. The first-order valence-electron chi connectivity index (χ1n) is 8.32. The summed E-state index contributed by atoms with van der Waals surface area (Å²) in [4.78, 5) is 8.98. The fourth-order valence-electron chi connectivity index (χ4n) is 3.18. The summed E-state index contributed by atoms with van der Waals surface area (Å²) in [5.74, 6) is 0.663. The molecule has 1 aromatic carbocycles. The summed E-state index contributed by atoms with van der Waals surface area (Å²) in [6, 6.07) is 10.3. The average Bonchev–Trinajstić information content (AvgIpc) is 3.33. The van der Waals surface area contributed by atoms with Crippen molar-refractivity contribution in [3.05, 3.63) is 59.8 Å². The highest BCUT2D eigenvalue weighted by Crippen LogP contribution is 2.21. The summed E-state index contributed by atoms with van der Waals surface area (Å²) in [5, 5.41) is 16.8. The second kappa shape index (κ2) is 5.48. The number of hydrogen-bond acceptors (Lipinski definition) is 5. The number of aryl methyl sites for hydroxylation is 2. The van der Waals surface area contributed by atoms with E-state index in [1.54, 1.807) is 17.0 Å². The number of fused-ring (bicyclic) bond motifs is 3. The van der Waals surface area contributed by atoms with Crippen LogP contribution in [0.1, 0.15) is 17.0 Å². The molecule has 5 aromatic rings. The smallest absolute Gasteiger partial charge is 0.182 e. The van der Waals surface area contributed by atoms with Crippen LogP contribution in [0.5, 0.6) is 0 Å². The topological polar surface area (TPSA) is 89.6 Å². The average molecular weight is 344 g/mol. The third-order valence-corrected chi connectivity index (χ3v) is 4.41. The molecule has 1 N–H and O–H groups in total. The van der Waals surface area contributed by atoms with Crippen molar-refractivity contribution in [2.24, 2.45) is 0 Å². The van der Waals surface area contributed by atoms with Gasteiger partial charge in [-0.1, -0.05) is 18.2 Å². The standard InChI is InChI=1S/C18H16N8/c1-11-6-12(2)25(23-11)9-13-4-3-5-14(7-13)16-21-18-15-8-20-22-17(15)19-10-26(18)24-16/h3-8,10H,9H2,1-2H3,(H,20,22). The predicted molar refractivity (Wildman–Crippen MR) is 96.7 cm³/mol. The van der Waals surface area contributed by atoms with E-state index < -0.39 is 0 Å². The molecule has 8 nitrogen and oxygen atoms in total. The molecule has 0 saturated carbocycles. The van der Waals surface area contributed by atoms with Gasteiger partial charge in [0.15, 0.2) is 17.1 Å². The molecule has 4 aromatic heterocycles. The molecule has 26 heavy (non-hydrogen) atoms. The lowest BCUT2D eigenvalue weighted by molar-refractivity contribution is 0.659. The van der Waals surface area contributed by atoms with Gasteiger partial charge in [0.1, 0.15) is 6.33 Å². The van der Waals surface area contributed by atoms with E-state index in [0.29, 0.717) is 18.0 Å². The normalized spacial score (nSPS) is 11.6. The number of nitrogens with zero attached hydrogens (tertiary/aromatic N) is 7. The zero-order valence-corrected chi connectivity index (χ0v) is 14.4. The van der Waals surface area contributed by atoms with Gasteiger partial charge < -0.3 is 0 Å². The van der Waals surface area contributed by atoms with E-state index in [0.717, 1.165) is 33.5 Å². The highest BCUT2D eigenvalue weighted by atomic mass is 15.3. The summed E-state index contributed by atoms with van der Waals surface area (Å²) in [6.07, 6.45) is 3.36. The summed E-state index contributed by atoms with van der Waals surface area (Å²) >= 11 is 0. The zero-order valence-electron chi connectivity index (χ0n) is 14.4. The molecule has 0 bridgehead atoms. The van der Waals surface area contributed by atoms with E-state index in [-0.39, 0.29) is 0 Å². The maximum Gasteiger partial charge on any atom is 0.182 e. The molecule has 0 radical (unpaired) electrons. The van der Waals surface area contributed by atoms with Crippen LogP contribution in [0, 0.1) is 13.8 Å². The van der Waals surface area contributed by atoms with Crippen molar-refractivity contribution in [3.63, 3.8) is 0 Å². The molecule has 0 unspecified atom stereocenters. The van der Waals surface area contributed by atoms with Gasteiger partial charge in [-0.3, -0.25) is 9.78 Å². The van der Waals surface area contributed by atoms with E-state index in [1.807, 2.05) is 23.7 Å². The maximum absolute atomic E-state index is 4.68. The molecule has 0 aliphatic rings. The summed E-state index contributed by atoms with van der Waals surface area (Å²) < 4.78 is 3.69. The van der Waals surface area contributed by atoms with Crippen molar-refractivity contribution < 1.29 is 0 Å². The molecular formula is C18H16N8. The Labute approximate surface area is 148 Å². The van der Waals surface area contributed by atoms with E-state index in [4.69, 9.17) is 0 Å². The minimum atomic E-state index is 0.663. The van der Waals surface area contributed by atoms with Crippen LogP contribution in [0.3, 0.4) is 0 Å². The van der Waals surface area contributed by atoms with E-state index in [1.165, 1.54) is 0 Å². The molecule has 0 aliphatic heterocycles. The lowest BCUT2D eigenvalue weighted by atomic mass is 10.1.